The number of rotatable bonds is 5. The van der Waals surface area contributed by atoms with E-state index in [9.17, 15) is 0 Å². The molecule has 5 nitrogen and oxygen atoms in total. The minimum atomic E-state index is 0.623. The van der Waals surface area contributed by atoms with Crippen LogP contribution in [0.1, 0.15) is 37.1 Å². The van der Waals surface area contributed by atoms with Crippen LogP contribution in [0.2, 0.25) is 0 Å². The Morgan fingerprint density at radius 2 is 2.35 bits per heavy atom. The van der Waals surface area contributed by atoms with Crippen LogP contribution in [0, 0.1) is 6.92 Å². The smallest absolute Gasteiger partial charge is 0.150 e. The first-order valence-electron chi connectivity index (χ1n) is 7.45. The van der Waals surface area contributed by atoms with Crippen molar-refractivity contribution in [2.24, 2.45) is 0 Å². The van der Waals surface area contributed by atoms with Gasteiger partial charge >= 0.3 is 0 Å². The van der Waals surface area contributed by atoms with Crippen molar-refractivity contribution in [3.8, 4) is 0 Å². The van der Waals surface area contributed by atoms with Gasteiger partial charge in [-0.1, -0.05) is 11.6 Å². The fourth-order valence-electron chi connectivity index (χ4n) is 3.00. The first-order chi connectivity index (χ1) is 9.81. The summed E-state index contributed by atoms with van der Waals surface area (Å²) in [5.41, 5.74) is 0.963. The minimum Gasteiger partial charge on any atom is -0.360 e. The first-order valence-corrected chi connectivity index (χ1v) is 7.45. The molecule has 1 aliphatic heterocycles. The molecule has 20 heavy (non-hydrogen) atoms. The molecule has 0 amide bonds. The van der Waals surface area contributed by atoms with Gasteiger partial charge in [0.25, 0.3) is 0 Å². The van der Waals surface area contributed by atoms with Crippen LogP contribution < -0.4 is 0 Å². The van der Waals surface area contributed by atoms with E-state index in [-0.39, 0.29) is 0 Å². The Balaban J connectivity index is 1.58. The van der Waals surface area contributed by atoms with Crippen molar-refractivity contribution >= 4 is 0 Å². The fraction of sp³-hybridized carbons (Fsp3) is 0.600. The Hall–Kier alpha value is -1.62. The second kappa shape index (κ2) is 6.22. The molecule has 108 valence electrons. The van der Waals surface area contributed by atoms with Crippen LogP contribution in [0.5, 0.6) is 0 Å². The Labute approximate surface area is 119 Å². The zero-order valence-corrected chi connectivity index (χ0v) is 12.0. The van der Waals surface area contributed by atoms with Gasteiger partial charge in [0.2, 0.25) is 0 Å². The third-order valence-corrected chi connectivity index (χ3v) is 4.04. The maximum Gasteiger partial charge on any atom is 0.150 e. The van der Waals surface area contributed by atoms with Gasteiger partial charge in [0.15, 0.2) is 5.76 Å². The number of likely N-dealkylation sites (tertiary alicyclic amines) is 1. The van der Waals surface area contributed by atoms with Gasteiger partial charge in [0.05, 0.1) is 12.2 Å². The molecular formula is C15H22N4O. The molecule has 1 aliphatic rings. The lowest BCUT2D eigenvalue weighted by atomic mass is 9.99. The molecular weight excluding hydrogens is 252 g/mol. The summed E-state index contributed by atoms with van der Waals surface area (Å²) in [6, 6.07) is 4.65. The lowest BCUT2D eigenvalue weighted by Gasteiger charge is -2.35. The Kier molecular flexibility index (Phi) is 4.16. The molecule has 3 rings (SSSR count). The van der Waals surface area contributed by atoms with Crippen LogP contribution in [-0.2, 0) is 13.1 Å². The fourth-order valence-corrected chi connectivity index (χ4v) is 3.00. The number of aromatic nitrogens is 3. The lowest BCUT2D eigenvalue weighted by Crippen LogP contribution is -2.39. The van der Waals surface area contributed by atoms with Gasteiger partial charge < -0.3 is 4.52 Å². The van der Waals surface area contributed by atoms with Gasteiger partial charge in [0, 0.05) is 31.0 Å². The Morgan fingerprint density at radius 1 is 1.40 bits per heavy atom. The maximum absolute atomic E-state index is 5.36. The van der Waals surface area contributed by atoms with Gasteiger partial charge in [-0.2, -0.15) is 5.10 Å². The summed E-state index contributed by atoms with van der Waals surface area (Å²) in [5.74, 6) is 0.980. The highest BCUT2D eigenvalue weighted by atomic mass is 16.5. The second-order valence-electron chi connectivity index (χ2n) is 5.61. The molecule has 0 N–H and O–H groups in total. The number of piperidine rings is 1. The van der Waals surface area contributed by atoms with Gasteiger partial charge in [-0.25, -0.2) is 0 Å². The van der Waals surface area contributed by atoms with E-state index < -0.39 is 0 Å². The molecule has 1 fully saturated rings. The molecule has 0 radical (unpaired) electrons. The number of aryl methyl sites for hydroxylation is 2. The van der Waals surface area contributed by atoms with Crippen molar-refractivity contribution in [1.82, 2.24) is 19.8 Å². The van der Waals surface area contributed by atoms with Crippen molar-refractivity contribution < 1.29 is 4.52 Å². The molecule has 0 saturated carbocycles. The monoisotopic (exact) mass is 274 g/mol. The summed E-state index contributed by atoms with van der Waals surface area (Å²) in [4.78, 5) is 2.53. The van der Waals surface area contributed by atoms with Crippen molar-refractivity contribution in [2.75, 3.05) is 6.54 Å². The van der Waals surface area contributed by atoms with E-state index >= 15 is 0 Å². The van der Waals surface area contributed by atoms with Gasteiger partial charge in [0.1, 0.15) is 0 Å². The predicted octanol–water partition coefficient (Wildman–Crippen LogP) is 2.62. The van der Waals surface area contributed by atoms with Crippen molar-refractivity contribution in [3.05, 3.63) is 36.0 Å². The SMILES string of the molecule is Cc1cc(CN2CCCCC2CCn2cccn2)on1. The van der Waals surface area contributed by atoms with Crippen LogP contribution in [0.3, 0.4) is 0 Å². The topological polar surface area (TPSA) is 47.1 Å². The number of nitrogens with zero attached hydrogens (tertiary/aromatic N) is 4. The molecule has 3 heterocycles. The molecule has 1 unspecified atom stereocenters. The van der Waals surface area contributed by atoms with Gasteiger partial charge in [-0.15, -0.1) is 0 Å². The Morgan fingerprint density at radius 3 is 3.10 bits per heavy atom. The summed E-state index contributed by atoms with van der Waals surface area (Å²) in [6.07, 6.45) is 8.91. The van der Waals surface area contributed by atoms with Gasteiger partial charge in [-0.05, 0) is 38.8 Å². The lowest BCUT2D eigenvalue weighted by molar-refractivity contribution is 0.115. The number of hydrogen-bond acceptors (Lipinski definition) is 4. The highest BCUT2D eigenvalue weighted by molar-refractivity contribution is 5.03. The second-order valence-corrected chi connectivity index (χ2v) is 5.61. The first kappa shape index (κ1) is 13.4. The summed E-state index contributed by atoms with van der Waals surface area (Å²) in [5, 5.41) is 8.26. The molecule has 0 aromatic carbocycles. The standard InChI is InChI=1S/C15H22N4O/c1-13-11-15(20-17-13)12-18-8-3-2-5-14(18)6-10-19-9-4-7-16-19/h4,7,9,11,14H,2-3,5-6,8,10,12H2,1H3. The molecule has 1 saturated heterocycles. The average Bonchev–Trinajstić information content (AvgIpc) is 3.10. The van der Waals surface area contributed by atoms with Crippen LogP contribution in [0.15, 0.2) is 29.0 Å². The summed E-state index contributed by atoms with van der Waals surface area (Å²) in [6.45, 7) is 5.00. The average molecular weight is 274 g/mol. The third kappa shape index (κ3) is 3.28. The normalized spacial score (nSPS) is 20.4. The molecule has 0 bridgehead atoms. The van der Waals surface area contributed by atoms with Crippen LogP contribution in [-0.4, -0.2) is 32.4 Å². The quantitative estimate of drug-likeness (QED) is 0.841. The predicted molar refractivity (Wildman–Crippen MR) is 76.1 cm³/mol. The number of hydrogen-bond donors (Lipinski definition) is 0. The molecule has 0 aliphatic carbocycles. The van der Waals surface area contributed by atoms with Crippen molar-refractivity contribution in [2.45, 2.75) is 51.7 Å². The highest BCUT2D eigenvalue weighted by Gasteiger charge is 2.23. The van der Waals surface area contributed by atoms with Crippen LogP contribution >= 0.6 is 0 Å². The molecule has 2 aromatic heterocycles. The molecule has 5 heteroatoms. The molecule has 0 spiro atoms. The molecule has 1 atom stereocenters. The van der Waals surface area contributed by atoms with E-state index in [1.54, 1.807) is 0 Å². The van der Waals surface area contributed by atoms with Crippen molar-refractivity contribution in [3.63, 3.8) is 0 Å². The summed E-state index contributed by atoms with van der Waals surface area (Å²) < 4.78 is 7.38. The minimum absolute atomic E-state index is 0.623. The third-order valence-electron chi connectivity index (χ3n) is 4.04. The van der Waals surface area contributed by atoms with E-state index in [1.807, 2.05) is 36.1 Å². The molecule has 2 aromatic rings. The largest absolute Gasteiger partial charge is 0.360 e. The van der Waals surface area contributed by atoms with E-state index in [1.165, 1.54) is 19.3 Å². The highest BCUT2D eigenvalue weighted by Crippen LogP contribution is 2.22. The summed E-state index contributed by atoms with van der Waals surface area (Å²) >= 11 is 0. The maximum atomic E-state index is 5.36. The van der Waals surface area contributed by atoms with E-state index in [2.05, 4.69) is 15.2 Å². The summed E-state index contributed by atoms with van der Waals surface area (Å²) in [7, 11) is 0. The van der Waals surface area contributed by atoms with Gasteiger partial charge in [-0.3, -0.25) is 9.58 Å². The van der Waals surface area contributed by atoms with E-state index in [0.29, 0.717) is 6.04 Å². The van der Waals surface area contributed by atoms with E-state index in [0.717, 1.165) is 37.5 Å². The van der Waals surface area contributed by atoms with Crippen LogP contribution in [0.4, 0.5) is 0 Å². The van der Waals surface area contributed by atoms with Crippen LogP contribution in [0.25, 0.3) is 0 Å². The van der Waals surface area contributed by atoms with E-state index in [4.69, 9.17) is 4.52 Å². The zero-order chi connectivity index (χ0) is 13.8. The zero-order valence-electron chi connectivity index (χ0n) is 12.0. The van der Waals surface area contributed by atoms with Crippen molar-refractivity contribution in [1.29, 1.82) is 0 Å². The Bertz CT molecular complexity index is 520.